The number of nitrogens with one attached hydrogen (secondary N) is 3. The summed E-state index contributed by atoms with van der Waals surface area (Å²) in [5.41, 5.74) is 1.74. The van der Waals surface area contributed by atoms with Gasteiger partial charge in [-0.05, 0) is 72.2 Å². The summed E-state index contributed by atoms with van der Waals surface area (Å²) in [4.78, 5) is 17.6. The van der Waals surface area contributed by atoms with Crippen molar-refractivity contribution in [2.24, 2.45) is 0 Å². The van der Waals surface area contributed by atoms with Gasteiger partial charge >= 0.3 is 0 Å². The van der Waals surface area contributed by atoms with Crippen molar-refractivity contribution in [3.05, 3.63) is 36.2 Å². The lowest BCUT2D eigenvalue weighted by atomic mass is 9.93. The number of carbonyl (C=O) groups is 1. The SMILES string of the molecule is CC1CC(c2nc(C(=O)Nc3cc4cn(C5CCNCC5)nc4cc3OC(C)C)co2)CCN1. The van der Waals surface area contributed by atoms with Gasteiger partial charge in [-0.1, -0.05) is 0 Å². The quantitative estimate of drug-likeness (QED) is 0.507. The van der Waals surface area contributed by atoms with Crippen LogP contribution in [0.4, 0.5) is 5.69 Å². The molecule has 1 amide bonds. The highest BCUT2D eigenvalue weighted by Crippen LogP contribution is 2.33. The van der Waals surface area contributed by atoms with Crippen LogP contribution >= 0.6 is 0 Å². The van der Waals surface area contributed by atoms with Gasteiger partial charge in [0.1, 0.15) is 12.0 Å². The van der Waals surface area contributed by atoms with E-state index in [2.05, 4.69) is 38.7 Å². The van der Waals surface area contributed by atoms with E-state index in [9.17, 15) is 4.79 Å². The minimum absolute atomic E-state index is 0.0415. The summed E-state index contributed by atoms with van der Waals surface area (Å²) in [5, 5.41) is 15.6. The average Bonchev–Trinajstić information content (AvgIpc) is 3.47. The Balaban J connectivity index is 1.38. The fourth-order valence-corrected chi connectivity index (χ4v) is 4.90. The predicted octanol–water partition coefficient (Wildman–Crippen LogP) is 3.84. The Bertz CT molecular complexity index is 1150. The van der Waals surface area contributed by atoms with Crippen LogP contribution in [0.3, 0.4) is 0 Å². The molecule has 0 bridgehead atoms. The fourth-order valence-electron chi connectivity index (χ4n) is 4.90. The molecular formula is C25H34N6O3. The summed E-state index contributed by atoms with van der Waals surface area (Å²) in [6, 6.07) is 4.64. The highest BCUT2D eigenvalue weighted by molar-refractivity contribution is 6.04. The third-order valence-corrected chi connectivity index (χ3v) is 6.64. The molecule has 9 heteroatoms. The maximum atomic E-state index is 13.1. The molecule has 34 heavy (non-hydrogen) atoms. The van der Waals surface area contributed by atoms with Gasteiger partial charge in [-0.25, -0.2) is 4.98 Å². The summed E-state index contributed by atoms with van der Waals surface area (Å²) < 4.78 is 13.8. The molecule has 5 rings (SSSR count). The summed E-state index contributed by atoms with van der Waals surface area (Å²) in [7, 11) is 0. The summed E-state index contributed by atoms with van der Waals surface area (Å²) in [5.74, 6) is 1.16. The fraction of sp³-hybridized carbons (Fsp3) is 0.560. The third kappa shape index (κ3) is 4.95. The third-order valence-electron chi connectivity index (χ3n) is 6.64. The lowest BCUT2D eigenvalue weighted by Gasteiger charge is -2.25. The highest BCUT2D eigenvalue weighted by Gasteiger charge is 2.26. The second kappa shape index (κ2) is 9.76. The molecule has 4 heterocycles. The van der Waals surface area contributed by atoms with Crippen LogP contribution in [0.1, 0.15) is 74.8 Å². The molecule has 1 aromatic carbocycles. The zero-order chi connectivity index (χ0) is 23.7. The summed E-state index contributed by atoms with van der Waals surface area (Å²) in [6.45, 7) is 9.01. The molecule has 0 spiro atoms. The Labute approximate surface area is 199 Å². The molecule has 3 aromatic rings. The second-order valence-electron chi connectivity index (χ2n) is 9.77. The van der Waals surface area contributed by atoms with Crippen molar-refractivity contribution in [1.82, 2.24) is 25.4 Å². The smallest absolute Gasteiger partial charge is 0.277 e. The van der Waals surface area contributed by atoms with Gasteiger partial charge in [0.15, 0.2) is 11.6 Å². The van der Waals surface area contributed by atoms with E-state index < -0.39 is 0 Å². The molecule has 182 valence electrons. The first-order valence-corrected chi connectivity index (χ1v) is 12.4. The molecule has 2 aromatic heterocycles. The highest BCUT2D eigenvalue weighted by atomic mass is 16.5. The first kappa shape index (κ1) is 22.9. The van der Waals surface area contributed by atoms with E-state index in [-0.39, 0.29) is 23.6 Å². The normalized spacial score (nSPS) is 21.8. The number of fused-ring (bicyclic) bond motifs is 1. The molecule has 0 aliphatic carbocycles. The Morgan fingerprint density at radius 3 is 2.82 bits per heavy atom. The largest absolute Gasteiger partial charge is 0.489 e. The van der Waals surface area contributed by atoms with Crippen LogP contribution in [0.5, 0.6) is 5.75 Å². The molecular weight excluding hydrogens is 432 g/mol. The number of ether oxygens (including phenoxy) is 1. The van der Waals surface area contributed by atoms with Gasteiger partial charge in [0, 0.05) is 29.6 Å². The second-order valence-corrected chi connectivity index (χ2v) is 9.77. The molecule has 3 N–H and O–H groups in total. The van der Waals surface area contributed by atoms with Crippen molar-refractivity contribution in [1.29, 1.82) is 0 Å². The maximum absolute atomic E-state index is 13.1. The summed E-state index contributed by atoms with van der Waals surface area (Å²) >= 11 is 0. The molecule has 2 saturated heterocycles. The number of piperidine rings is 2. The van der Waals surface area contributed by atoms with Gasteiger partial charge in [-0.15, -0.1) is 0 Å². The number of hydrogen-bond acceptors (Lipinski definition) is 7. The van der Waals surface area contributed by atoms with Crippen LogP contribution in [0.15, 0.2) is 29.0 Å². The van der Waals surface area contributed by atoms with Gasteiger partial charge in [0.25, 0.3) is 5.91 Å². The standard InChI is InChI=1S/C25H34N6O3/c1-15(2)34-23-12-20-18(13-31(30-20)19-5-7-26-8-6-19)11-21(23)28-24(32)22-14-33-25(29-22)17-4-9-27-16(3)10-17/h11-17,19,26-27H,4-10H2,1-3H3,(H,28,32). The predicted molar refractivity (Wildman–Crippen MR) is 131 cm³/mol. The topological polar surface area (TPSA) is 106 Å². The number of hydrogen-bond donors (Lipinski definition) is 3. The van der Waals surface area contributed by atoms with Gasteiger partial charge < -0.3 is 25.1 Å². The minimum Gasteiger partial charge on any atom is -0.489 e. The van der Waals surface area contributed by atoms with Crippen LogP contribution in [-0.4, -0.2) is 52.5 Å². The van der Waals surface area contributed by atoms with E-state index >= 15 is 0 Å². The van der Waals surface area contributed by atoms with Crippen molar-refractivity contribution >= 4 is 22.5 Å². The van der Waals surface area contributed by atoms with Crippen LogP contribution < -0.4 is 20.7 Å². The van der Waals surface area contributed by atoms with E-state index in [1.807, 2.05) is 26.0 Å². The van der Waals surface area contributed by atoms with E-state index in [4.69, 9.17) is 14.3 Å². The van der Waals surface area contributed by atoms with E-state index in [1.165, 1.54) is 6.26 Å². The Kier molecular flexibility index (Phi) is 6.56. The molecule has 2 fully saturated rings. The molecule has 0 radical (unpaired) electrons. The molecule has 0 saturated carbocycles. The number of benzene rings is 1. The first-order valence-electron chi connectivity index (χ1n) is 12.4. The molecule has 2 unspecified atom stereocenters. The molecule has 2 aliphatic heterocycles. The van der Waals surface area contributed by atoms with Crippen molar-refractivity contribution in [2.45, 2.75) is 70.6 Å². The average molecular weight is 467 g/mol. The van der Waals surface area contributed by atoms with Crippen LogP contribution in [0.2, 0.25) is 0 Å². The number of anilines is 1. The van der Waals surface area contributed by atoms with E-state index in [0.717, 1.165) is 56.2 Å². The zero-order valence-corrected chi connectivity index (χ0v) is 20.1. The minimum atomic E-state index is -0.310. The number of oxazole rings is 1. The lowest BCUT2D eigenvalue weighted by Crippen LogP contribution is -2.35. The lowest BCUT2D eigenvalue weighted by molar-refractivity contribution is 0.102. The van der Waals surface area contributed by atoms with Gasteiger partial charge in [-0.3, -0.25) is 9.48 Å². The zero-order valence-electron chi connectivity index (χ0n) is 20.1. The number of carbonyl (C=O) groups excluding carboxylic acids is 1. The van der Waals surface area contributed by atoms with Crippen LogP contribution in [0, 0.1) is 0 Å². The first-order chi connectivity index (χ1) is 16.5. The van der Waals surface area contributed by atoms with Gasteiger partial charge in [0.2, 0.25) is 0 Å². The molecule has 2 aliphatic rings. The Hall–Kier alpha value is -2.91. The number of rotatable bonds is 6. The van der Waals surface area contributed by atoms with Crippen LogP contribution in [-0.2, 0) is 0 Å². The van der Waals surface area contributed by atoms with Crippen molar-refractivity contribution < 1.29 is 13.9 Å². The number of amides is 1. The number of nitrogens with zero attached hydrogens (tertiary/aromatic N) is 3. The Morgan fingerprint density at radius 1 is 1.24 bits per heavy atom. The number of aromatic nitrogens is 3. The van der Waals surface area contributed by atoms with Crippen molar-refractivity contribution in [2.75, 3.05) is 25.0 Å². The van der Waals surface area contributed by atoms with Crippen LogP contribution in [0.25, 0.3) is 10.9 Å². The maximum Gasteiger partial charge on any atom is 0.277 e. The van der Waals surface area contributed by atoms with Crippen molar-refractivity contribution in [3.63, 3.8) is 0 Å². The van der Waals surface area contributed by atoms with Gasteiger partial charge in [0.05, 0.1) is 23.3 Å². The molecule has 9 nitrogen and oxygen atoms in total. The Morgan fingerprint density at radius 2 is 2.06 bits per heavy atom. The summed E-state index contributed by atoms with van der Waals surface area (Å²) in [6.07, 6.45) is 7.48. The van der Waals surface area contributed by atoms with E-state index in [0.29, 0.717) is 29.4 Å². The monoisotopic (exact) mass is 466 g/mol. The van der Waals surface area contributed by atoms with Gasteiger partial charge in [-0.2, -0.15) is 5.10 Å². The van der Waals surface area contributed by atoms with E-state index in [1.54, 1.807) is 0 Å². The van der Waals surface area contributed by atoms with Crippen molar-refractivity contribution in [3.8, 4) is 5.75 Å². The molecule has 2 atom stereocenters.